The normalized spacial score (nSPS) is 31.7. The van der Waals surface area contributed by atoms with E-state index < -0.39 is 0 Å². The predicted molar refractivity (Wildman–Crippen MR) is 60.2 cm³/mol. The molecule has 1 aliphatic rings. The first kappa shape index (κ1) is 12.0. The van der Waals surface area contributed by atoms with E-state index in [2.05, 4.69) is 20.8 Å². The summed E-state index contributed by atoms with van der Waals surface area (Å²) in [6, 6.07) is 0.349. The molecule has 1 heterocycles. The second-order valence-corrected chi connectivity index (χ2v) is 4.93. The van der Waals surface area contributed by atoms with Crippen LogP contribution in [0.1, 0.15) is 46.5 Å². The van der Waals surface area contributed by atoms with Crippen LogP contribution in [0.25, 0.3) is 0 Å². The molecule has 2 N–H and O–H groups in total. The van der Waals surface area contributed by atoms with Gasteiger partial charge in [-0.05, 0) is 31.6 Å². The number of nitrogens with two attached hydrogens (primary N) is 1. The Hall–Kier alpha value is -0.0800. The lowest BCUT2D eigenvalue weighted by Crippen LogP contribution is -2.32. The first-order valence-corrected chi connectivity index (χ1v) is 6.00. The molecule has 0 bridgehead atoms. The van der Waals surface area contributed by atoms with Crippen molar-refractivity contribution in [2.45, 2.75) is 58.6 Å². The molecular formula is C12H25NO. The molecule has 4 unspecified atom stereocenters. The molecule has 0 saturated carbocycles. The third-order valence-corrected chi connectivity index (χ3v) is 3.29. The highest BCUT2D eigenvalue weighted by Crippen LogP contribution is 2.25. The van der Waals surface area contributed by atoms with Crippen LogP contribution in [0.3, 0.4) is 0 Å². The van der Waals surface area contributed by atoms with Crippen molar-refractivity contribution in [3.63, 3.8) is 0 Å². The van der Waals surface area contributed by atoms with E-state index in [1.807, 2.05) is 0 Å². The maximum atomic E-state index is 6.19. The van der Waals surface area contributed by atoms with Gasteiger partial charge in [-0.3, -0.25) is 0 Å². The van der Waals surface area contributed by atoms with Gasteiger partial charge in [0, 0.05) is 6.04 Å². The third-order valence-electron chi connectivity index (χ3n) is 3.29. The quantitative estimate of drug-likeness (QED) is 0.738. The average molecular weight is 199 g/mol. The minimum atomic E-state index is 0.349. The molecule has 14 heavy (non-hydrogen) atoms. The van der Waals surface area contributed by atoms with Crippen LogP contribution in [0.2, 0.25) is 0 Å². The lowest BCUT2D eigenvalue weighted by Gasteiger charge is -2.21. The van der Waals surface area contributed by atoms with Gasteiger partial charge >= 0.3 is 0 Å². The number of hydrogen-bond acceptors (Lipinski definition) is 2. The van der Waals surface area contributed by atoms with Crippen LogP contribution in [0, 0.1) is 11.8 Å². The van der Waals surface area contributed by atoms with Gasteiger partial charge in [0.2, 0.25) is 0 Å². The van der Waals surface area contributed by atoms with Crippen LogP contribution in [-0.4, -0.2) is 18.8 Å². The molecule has 1 fully saturated rings. The predicted octanol–water partition coefficient (Wildman–Crippen LogP) is 2.57. The summed E-state index contributed by atoms with van der Waals surface area (Å²) in [4.78, 5) is 0. The summed E-state index contributed by atoms with van der Waals surface area (Å²) in [7, 11) is 0. The molecule has 0 amide bonds. The highest BCUT2D eigenvalue weighted by Gasteiger charge is 2.27. The van der Waals surface area contributed by atoms with Gasteiger partial charge in [-0.2, -0.15) is 0 Å². The molecule has 4 atom stereocenters. The molecule has 84 valence electrons. The number of rotatable bonds is 5. The minimum absolute atomic E-state index is 0.349. The zero-order valence-corrected chi connectivity index (χ0v) is 9.83. The van der Waals surface area contributed by atoms with Crippen molar-refractivity contribution in [2.75, 3.05) is 6.61 Å². The largest absolute Gasteiger partial charge is 0.378 e. The van der Waals surface area contributed by atoms with E-state index in [9.17, 15) is 0 Å². The lowest BCUT2D eigenvalue weighted by atomic mass is 9.88. The Morgan fingerprint density at radius 3 is 2.71 bits per heavy atom. The van der Waals surface area contributed by atoms with Crippen molar-refractivity contribution >= 4 is 0 Å². The summed E-state index contributed by atoms with van der Waals surface area (Å²) < 4.78 is 5.55. The molecular weight excluding hydrogens is 174 g/mol. The summed E-state index contributed by atoms with van der Waals surface area (Å²) in [5.74, 6) is 1.37. The Kier molecular flexibility index (Phi) is 4.90. The molecule has 0 aromatic heterocycles. The first-order chi connectivity index (χ1) is 6.63. The molecule has 2 nitrogen and oxygen atoms in total. The Balaban J connectivity index is 2.23. The summed E-state index contributed by atoms with van der Waals surface area (Å²) >= 11 is 0. The summed E-state index contributed by atoms with van der Waals surface area (Å²) in [5.41, 5.74) is 6.19. The SMILES string of the molecule is CCCC(C)CC(N)C1COC(C)C1. The molecule has 1 aliphatic heterocycles. The van der Waals surface area contributed by atoms with E-state index in [0.717, 1.165) is 25.4 Å². The van der Waals surface area contributed by atoms with Crippen LogP contribution < -0.4 is 5.73 Å². The van der Waals surface area contributed by atoms with Crippen LogP contribution in [0.4, 0.5) is 0 Å². The minimum Gasteiger partial charge on any atom is -0.378 e. The van der Waals surface area contributed by atoms with Gasteiger partial charge < -0.3 is 10.5 Å². The maximum absolute atomic E-state index is 6.19. The summed E-state index contributed by atoms with van der Waals surface area (Å²) in [5, 5.41) is 0. The fraction of sp³-hybridized carbons (Fsp3) is 1.00. The van der Waals surface area contributed by atoms with E-state index >= 15 is 0 Å². The van der Waals surface area contributed by atoms with E-state index in [0.29, 0.717) is 18.1 Å². The monoisotopic (exact) mass is 199 g/mol. The molecule has 0 aliphatic carbocycles. The fourth-order valence-corrected chi connectivity index (χ4v) is 2.42. The molecule has 0 radical (unpaired) electrons. The molecule has 0 aromatic rings. The molecule has 1 saturated heterocycles. The smallest absolute Gasteiger partial charge is 0.0551 e. The van der Waals surface area contributed by atoms with E-state index in [-0.39, 0.29) is 0 Å². The van der Waals surface area contributed by atoms with Crippen LogP contribution in [-0.2, 0) is 4.74 Å². The van der Waals surface area contributed by atoms with Crippen molar-refractivity contribution in [2.24, 2.45) is 17.6 Å². The van der Waals surface area contributed by atoms with E-state index in [4.69, 9.17) is 10.5 Å². The van der Waals surface area contributed by atoms with Crippen molar-refractivity contribution in [1.29, 1.82) is 0 Å². The van der Waals surface area contributed by atoms with Crippen LogP contribution >= 0.6 is 0 Å². The van der Waals surface area contributed by atoms with Gasteiger partial charge in [0.05, 0.1) is 12.7 Å². The summed E-state index contributed by atoms with van der Waals surface area (Å²) in [6.45, 7) is 7.56. The Labute approximate surface area is 88.2 Å². The zero-order chi connectivity index (χ0) is 10.6. The third kappa shape index (κ3) is 3.58. The van der Waals surface area contributed by atoms with Gasteiger partial charge in [0.1, 0.15) is 0 Å². The van der Waals surface area contributed by atoms with E-state index in [1.165, 1.54) is 12.8 Å². The highest BCUT2D eigenvalue weighted by molar-refractivity contribution is 4.80. The molecule has 2 heteroatoms. The van der Waals surface area contributed by atoms with Crippen molar-refractivity contribution < 1.29 is 4.74 Å². The second-order valence-electron chi connectivity index (χ2n) is 4.93. The van der Waals surface area contributed by atoms with Gasteiger partial charge in [0.15, 0.2) is 0 Å². The standard InChI is InChI=1S/C12H25NO/c1-4-5-9(2)6-12(13)11-7-10(3)14-8-11/h9-12H,4-8,13H2,1-3H3. The average Bonchev–Trinajstić information content (AvgIpc) is 2.52. The van der Waals surface area contributed by atoms with Gasteiger partial charge in [-0.1, -0.05) is 26.7 Å². The number of ether oxygens (including phenoxy) is 1. The molecule has 0 spiro atoms. The maximum Gasteiger partial charge on any atom is 0.0551 e. The molecule has 0 aromatic carbocycles. The van der Waals surface area contributed by atoms with Gasteiger partial charge in [-0.15, -0.1) is 0 Å². The van der Waals surface area contributed by atoms with Crippen molar-refractivity contribution in [1.82, 2.24) is 0 Å². The van der Waals surface area contributed by atoms with Gasteiger partial charge in [-0.25, -0.2) is 0 Å². The topological polar surface area (TPSA) is 35.2 Å². The van der Waals surface area contributed by atoms with Crippen molar-refractivity contribution in [3.8, 4) is 0 Å². The van der Waals surface area contributed by atoms with Crippen LogP contribution in [0.5, 0.6) is 0 Å². The first-order valence-electron chi connectivity index (χ1n) is 6.00. The molecule has 1 rings (SSSR count). The van der Waals surface area contributed by atoms with Gasteiger partial charge in [0.25, 0.3) is 0 Å². The zero-order valence-electron chi connectivity index (χ0n) is 9.83. The highest BCUT2D eigenvalue weighted by atomic mass is 16.5. The van der Waals surface area contributed by atoms with Crippen molar-refractivity contribution in [3.05, 3.63) is 0 Å². The Morgan fingerprint density at radius 1 is 1.50 bits per heavy atom. The fourth-order valence-electron chi connectivity index (χ4n) is 2.42. The van der Waals surface area contributed by atoms with Crippen LogP contribution in [0.15, 0.2) is 0 Å². The Bertz CT molecular complexity index is 160. The number of hydrogen-bond donors (Lipinski definition) is 1. The Morgan fingerprint density at radius 2 is 2.21 bits per heavy atom. The van der Waals surface area contributed by atoms with E-state index in [1.54, 1.807) is 0 Å². The summed E-state index contributed by atoms with van der Waals surface area (Å²) in [6.07, 6.45) is 5.31. The lowest BCUT2D eigenvalue weighted by molar-refractivity contribution is 0.117. The second kappa shape index (κ2) is 5.72.